The highest BCUT2D eigenvalue weighted by atomic mass is 14.9. The van der Waals surface area contributed by atoms with E-state index in [2.05, 4.69) is 19.2 Å². The van der Waals surface area contributed by atoms with E-state index in [1.807, 2.05) is 0 Å². The summed E-state index contributed by atoms with van der Waals surface area (Å²) in [5, 5.41) is 3.11. The third kappa shape index (κ3) is 5.64. The molecule has 0 aromatic rings. The molecular weight excluding hydrogens is 170 g/mol. The second kappa shape index (κ2) is 7.28. The van der Waals surface area contributed by atoms with Crippen molar-refractivity contribution >= 4 is 0 Å². The van der Waals surface area contributed by atoms with Crippen LogP contribution in [0.1, 0.15) is 58.8 Å². The molecule has 1 nitrogen and oxygen atoms in total. The Balaban J connectivity index is 0.000000203. The van der Waals surface area contributed by atoms with Crippen LogP contribution in [0.4, 0.5) is 0 Å². The van der Waals surface area contributed by atoms with Gasteiger partial charge in [0.25, 0.3) is 0 Å². The third-order valence-corrected chi connectivity index (χ3v) is 3.24. The van der Waals surface area contributed by atoms with Crippen molar-refractivity contribution in [1.29, 1.82) is 0 Å². The minimum absolute atomic E-state index is 0.920. The van der Waals surface area contributed by atoms with Gasteiger partial charge in [0.1, 0.15) is 0 Å². The highest BCUT2D eigenvalue weighted by Crippen LogP contribution is 2.28. The summed E-state index contributed by atoms with van der Waals surface area (Å²) < 4.78 is 0. The molecule has 84 valence electrons. The lowest BCUT2D eigenvalue weighted by molar-refractivity contribution is 0.305. The zero-order chi connectivity index (χ0) is 10.2. The minimum atomic E-state index is 0.920. The van der Waals surface area contributed by atoms with Gasteiger partial charge < -0.3 is 5.32 Å². The second-order valence-electron chi connectivity index (χ2n) is 5.24. The van der Waals surface area contributed by atoms with Crippen LogP contribution in [-0.2, 0) is 0 Å². The number of nitrogens with one attached hydrogen (secondary N) is 1. The van der Waals surface area contributed by atoms with Gasteiger partial charge in [-0.05, 0) is 37.8 Å². The van der Waals surface area contributed by atoms with Gasteiger partial charge in [-0.1, -0.05) is 46.0 Å². The Morgan fingerprint density at radius 2 is 1.50 bits per heavy atom. The molecule has 0 bridgehead atoms. The molecule has 2 aliphatic rings. The fraction of sp³-hybridized carbons (Fsp3) is 1.00. The van der Waals surface area contributed by atoms with Gasteiger partial charge in [0, 0.05) is 0 Å². The second-order valence-corrected chi connectivity index (χ2v) is 5.24. The van der Waals surface area contributed by atoms with Crippen LogP contribution < -0.4 is 5.32 Å². The summed E-state index contributed by atoms with van der Waals surface area (Å²) in [7, 11) is 0. The Hall–Kier alpha value is -0.0400. The van der Waals surface area contributed by atoms with E-state index in [-0.39, 0.29) is 0 Å². The summed E-state index contributed by atoms with van der Waals surface area (Å²) in [5.74, 6) is 2.00. The highest BCUT2D eigenvalue weighted by molar-refractivity contribution is 4.66. The summed E-state index contributed by atoms with van der Waals surface area (Å²) >= 11 is 0. The maximum atomic E-state index is 3.11. The molecule has 0 aromatic carbocycles. The van der Waals surface area contributed by atoms with Gasteiger partial charge in [0.15, 0.2) is 0 Å². The molecule has 1 saturated carbocycles. The van der Waals surface area contributed by atoms with Crippen LogP contribution in [0.2, 0.25) is 0 Å². The topological polar surface area (TPSA) is 12.0 Å². The SMILES string of the molecule is C1CNC1.CC(C)CC1CCCCC1. The average molecular weight is 197 g/mol. The number of rotatable bonds is 2. The molecule has 14 heavy (non-hydrogen) atoms. The smallest absolute Gasteiger partial charge is 0.00368 e. The van der Waals surface area contributed by atoms with Gasteiger partial charge in [-0.15, -0.1) is 0 Å². The predicted octanol–water partition coefficient (Wildman–Crippen LogP) is 3.59. The highest BCUT2D eigenvalue weighted by Gasteiger charge is 2.13. The molecule has 0 unspecified atom stereocenters. The first-order valence-corrected chi connectivity index (χ1v) is 6.49. The standard InChI is InChI=1S/C10H20.C3H7N/c1-9(2)8-10-6-4-3-5-7-10;1-2-4-3-1/h9-10H,3-8H2,1-2H3;4H,1-3H2. The Morgan fingerprint density at radius 3 is 1.86 bits per heavy atom. The Labute approximate surface area is 89.7 Å². The Morgan fingerprint density at radius 1 is 1.00 bits per heavy atom. The van der Waals surface area contributed by atoms with Gasteiger partial charge in [-0.3, -0.25) is 0 Å². The van der Waals surface area contributed by atoms with E-state index in [0.29, 0.717) is 0 Å². The van der Waals surface area contributed by atoms with Gasteiger partial charge in [-0.2, -0.15) is 0 Å². The Bertz CT molecular complexity index is 117. The van der Waals surface area contributed by atoms with E-state index in [1.54, 1.807) is 0 Å². The van der Waals surface area contributed by atoms with E-state index < -0.39 is 0 Å². The van der Waals surface area contributed by atoms with Crippen molar-refractivity contribution in [3.63, 3.8) is 0 Å². The van der Waals surface area contributed by atoms with Crippen molar-refractivity contribution in [2.75, 3.05) is 13.1 Å². The minimum Gasteiger partial charge on any atom is -0.317 e. The van der Waals surface area contributed by atoms with Gasteiger partial charge >= 0.3 is 0 Å². The maximum Gasteiger partial charge on any atom is -0.00368 e. The maximum absolute atomic E-state index is 3.11. The van der Waals surface area contributed by atoms with E-state index in [0.717, 1.165) is 11.8 Å². The molecule has 2 fully saturated rings. The first kappa shape index (κ1) is 12.0. The predicted molar refractivity (Wildman–Crippen MR) is 63.5 cm³/mol. The lowest BCUT2D eigenvalue weighted by atomic mass is 9.84. The normalized spacial score (nSPS) is 22.5. The monoisotopic (exact) mass is 197 g/mol. The average Bonchev–Trinajstić information content (AvgIpc) is 2.01. The zero-order valence-corrected chi connectivity index (χ0v) is 10.0. The largest absolute Gasteiger partial charge is 0.317 e. The summed E-state index contributed by atoms with van der Waals surface area (Å²) in [6.45, 7) is 7.18. The molecule has 0 amide bonds. The molecule has 0 aromatic heterocycles. The van der Waals surface area contributed by atoms with Crippen LogP contribution in [0.25, 0.3) is 0 Å². The van der Waals surface area contributed by atoms with Gasteiger partial charge in [0.05, 0.1) is 0 Å². The molecule has 1 aliphatic heterocycles. The van der Waals surface area contributed by atoms with Gasteiger partial charge in [-0.25, -0.2) is 0 Å². The van der Waals surface area contributed by atoms with Crippen molar-refractivity contribution < 1.29 is 0 Å². The first-order valence-electron chi connectivity index (χ1n) is 6.49. The van der Waals surface area contributed by atoms with Crippen molar-refractivity contribution in [3.8, 4) is 0 Å². The summed E-state index contributed by atoms with van der Waals surface area (Å²) in [6.07, 6.45) is 10.4. The summed E-state index contributed by atoms with van der Waals surface area (Å²) in [6, 6.07) is 0. The quantitative estimate of drug-likeness (QED) is 0.713. The molecule has 0 spiro atoms. The fourth-order valence-corrected chi connectivity index (χ4v) is 2.27. The molecule has 2 rings (SSSR count). The van der Waals surface area contributed by atoms with Crippen LogP contribution in [-0.4, -0.2) is 13.1 Å². The lowest BCUT2D eigenvalue weighted by Gasteiger charge is -2.22. The molecule has 0 atom stereocenters. The molecule has 0 radical (unpaired) electrons. The van der Waals surface area contributed by atoms with Crippen LogP contribution in [0, 0.1) is 11.8 Å². The molecule has 1 N–H and O–H groups in total. The molecule has 1 heteroatoms. The van der Waals surface area contributed by atoms with Crippen LogP contribution in [0.15, 0.2) is 0 Å². The zero-order valence-electron chi connectivity index (χ0n) is 10.0. The van der Waals surface area contributed by atoms with E-state index in [4.69, 9.17) is 0 Å². The van der Waals surface area contributed by atoms with Crippen molar-refractivity contribution in [2.24, 2.45) is 11.8 Å². The van der Waals surface area contributed by atoms with Crippen molar-refractivity contribution in [2.45, 2.75) is 58.8 Å². The van der Waals surface area contributed by atoms with Gasteiger partial charge in [0.2, 0.25) is 0 Å². The molecule has 1 aliphatic carbocycles. The molecule has 1 heterocycles. The van der Waals surface area contributed by atoms with Crippen molar-refractivity contribution in [3.05, 3.63) is 0 Å². The number of hydrogen-bond acceptors (Lipinski definition) is 1. The summed E-state index contributed by atoms with van der Waals surface area (Å²) in [5.41, 5.74) is 0. The van der Waals surface area contributed by atoms with Crippen LogP contribution >= 0.6 is 0 Å². The lowest BCUT2D eigenvalue weighted by Crippen LogP contribution is -2.29. The fourth-order valence-electron chi connectivity index (χ4n) is 2.27. The molecular formula is C13H27N. The van der Waals surface area contributed by atoms with E-state index in [9.17, 15) is 0 Å². The number of hydrogen-bond donors (Lipinski definition) is 1. The van der Waals surface area contributed by atoms with Crippen LogP contribution in [0.5, 0.6) is 0 Å². The van der Waals surface area contributed by atoms with Crippen LogP contribution in [0.3, 0.4) is 0 Å². The molecule has 1 saturated heterocycles. The summed E-state index contributed by atoms with van der Waals surface area (Å²) in [4.78, 5) is 0. The van der Waals surface area contributed by atoms with Crippen molar-refractivity contribution in [1.82, 2.24) is 5.32 Å². The van der Waals surface area contributed by atoms with E-state index in [1.165, 1.54) is 58.0 Å². The Kier molecular flexibility index (Phi) is 6.25. The third-order valence-electron chi connectivity index (χ3n) is 3.24. The first-order chi connectivity index (χ1) is 6.79. The van der Waals surface area contributed by atoms with E-state index >= 15 is 0 Å².